The highest BCUT2D eigenvalue weighted by molar-refractivity contribution is 5.76. The number of ether oxygens (including phenoxy) is 2. The van der Waals surface area contributed by atoms with Crippen molar-refractivity contribution < 1.29 is 24.5 Å². The molecule has 0 spiro atoms. The van der Waals surface area contributed by atoms with Crippen LogP contribution in [0.1, 0.15) is 17.9 Å². The lowest BCUT2D eigenvalue weighted by molar-refractivity contribution is -0.139. The van der Waals surface area contributed by atoms with E-state index in [4.69, 9.17) is 19.7 Å². The fourth-order valence-electron chi connectivity index (χ4n) is 1.69. The highest BCUT2D eigenvalue weighted by Crippen LogP contribution is 2.35. The number of carboxylic acids is 1. The van der Waals surface area contributed by atoms with Crippen LogP contribution >= 0.6 is 0 Å². The fourth-order valence-corrected chi connectivity index (χ4v) is 1.69. The summed E-state index contributed by atoms with van der Waals surface area (Å²) in [5.41, 5.74) is 0.616. The molecule has 2 rings (SSSR count). The predicted octanol–water partition coefficient (Wildman–Crippen LogP) is 0.966. The standard InChI is InChI=1S/C11H12O5/c12-4-3-8(11(13)14)7-1-2-9-10(5-7)16-6-15-9/h1-2,5,8,12H,3-4,6H2,(H,13,14). The van der Waals surface area contributed by atoms with E-state index in [9.17, 15) is 4.79 Å². The van der Waals surface area contributed by atoms with Crippen molar-refractivity contribution in [2.75, 3.05) is 13.4 Å². The summed E-state index contributed by atoms with van der Waals surface area (Å²) in [6, 6.07) is 5.02. The lowest BCUT2D eigenvalue weighted by Crippen LogP contribution is -2.13. The molecule has 5 nitrogen and oxygen atoms in total. The summed E-state index contributed by atoms with van der Waals surface area (Å²) in [5, 5.41) is 17.8. The highest BCUT2D eigenvalue weighted by Gasteiger charge is 2.22. The summed E-state index contributed by atoms with van der Waals surface area (Å²) in [6.07, 6.45) is 0.189. The molecule has 0 saturated heterocycles. The smallest absolute Gasteiger partial charge is 0.311 e. The molecule has 1 aliphatic heterocycles. The Kier molecular flexibility index (Phi) is 2.96. The molecule has 1 aromatic rings. The van der Waals surface area contributed by atoms with Crippen LogP contribution in [0, 0.1) is 0 Å². The molecule has 2 N–H and O–H groups in total. The number of fused-ring (bicyclic) bond motifs is 1. The number of carbonyl (C=O) groups is 1. The largest absolute Gasteiger partial charge is 0.481 e. The Bertz CT molecular complexity index is 401. The normalized spacial score (nSPS) is 14.8. The van der Waals surface area contributed by atoms with Gasteiger partial charge in [-0.3, -0.25) is 4.79 Å². The first-order valence-corrected chi connectivity index (χ1v) is 4.95. The molecule has 0 fully saturated rings. The van der Waals surface area contributed by atoms with E-state index in [-0.39, 0.29) is 19.8 Å². The summed E-state index contributed by atoms with van der Waals surface area (Å²) in [7, 11) is 0. The lowest BCUT2D eigenvalue weighted by atomic mass is 9.96. The number of hydrogen-bond acceptors (Lipinski definition) is 4. The quantitative estimate of drug-likeness (QED) is 0.796. The Morgan fingerprint density at radius 3 is 2.81 bits per heavy atom. The van der Waals surface area contributed by atoms with Gasteiger partial charge in [0, 0.05) is 6.61 Å². The van der Waals surface area contributed by atoms with Crippen molar-refractivity contribution in [2.24, 2.45) is 0 Å². The summed E-state index contributed by atoms with van der Waals surface area (Å²) in [6.45, 7) is 0.00192. The van der Waals surface area contributed by atoms with Crippen molar-refractivity contribution >= 4 is 5.97 Å². The Hall–Kier alpha value is -1.75. The Labute approximate surface area is 92.2 Å². The van der Waals surface area contributed by atoms with Crippen LogP contribution in [0.3, 0.4) is 0 Å². The first-order chi connectivity index (χ1) is 7.72. The van der Waals surface area contributed by atoms with E-state index in [1.54, 1.807) is 18.2 Å². The van der Waals surface area contributed by atoms with Crippen molar-refractivity contribution in [1.82, 2.24) is 0 Å². The van der Waals surface area contributed by atoms with Gasteiger partial charge in [0.05, 0.1) is 5.92 Å². The van der Waals surface area contributed by atoms with Crippen LogP contribution in [0.2, 0.25) is 0 Å². The molecule has 0 saturated carbocycles. The molecule has 0 bridgehead atoms. The van der Waals surface area contributed by atoms with Crippen LogP contribution in [0.4, 0.5) is 0 Å². The molecular weight excluding hydrogens is 212 g/mol. The Morgan fingerprint density at radius 2 is 2.12 bits per heavy atom. The molecule has 0 aromatic heterocycles. The molecule has 0 radical (unpaired) electrons. The first-order valence-electron chi connectivity index (χ1n) is 4.95. The van der Waals surface area contributed by atoms with Gasteiger partial charge in [0.25, 0.3) is 0 Å². The van der Waals surface area contributed by atoms with Crippen molar-refractivity contribution in [3.63, 3.8) is 0 Å². The van der Waals surface area contributed by atoms with Gasteiger partial charge in [-0.05, 0) is 24.1 Å². The number of rotatable bonds is 4. The maximum atomic E-state index is 11.0. The van der Waals surface area contributed by atoms with Crippen LogP contribution < -0.4 is 9.47 Å². The predicted molar refractivity (Wildman–Crippen MR) is 54.6 cm³/mol. The second-order valence-electron chi connectivity index (χ2n) is 3.52. The van der Waals surface area contributed by atoms with Gasteiger partial charge >= 0.3 is 5.97 Å². The molecule has 1 aliphatic rings. The van der Waals surface area contributed by atoms with Crippen molar-refractivity contribution in [1.29, 1.82) is 0 Å². The average molecular weight is 224 g/mol. The van der Waals surface area contributed by atoms with Crippen LogP contribution in [-0.2, 0) is 4.79 Å². The third kappa shape index (κ3) is 1.94. The third-order valence-corrected chi connectivity index (χ3v) is 2.51. The first kappa shape index (κ1) is 10.8. The van der Waals surface area contributed by atoms with Gasteiger partial charge < -0.3 is 19.7 Å². The topological polar surface area (TPSA) is 76.0 Å². The molecule has 1 atom stereocenters. The van der Waals surface area contributed by atoms with Gasteiger partial charge in [-0.1, -0.05) is 6.07 Å². The molecule has 16 heavy (non-hydrogen) atoms. The van der Waals surface area contributed by atoms with E-state index in [1.165, 1.54) is 0 Å². The van der Waals surface area contributed by atoms with E-state index >= 15 is 0 Å². The summed E-state index contributed by atoms with van der Waals surface area (Å²) in [4.78, 5) is 11.0. The monoisotopic (exact) mass is 224 g/mol. The maximum Gasteiger partial charge on any atom is 0.311 e. The zero-order valence-corrected chi connectivity index (χ0v) is 8.55. The zero-order valence-electron chi connectivity index (χ0n) is 8.55. The van der Waals surface area contributed by atoms with Crippen molar-refractivity contribution in [3.05, 3.63) is 23.8 Å². The number of aliphatic hydroxyl groups is 1. The molecule has 86 valence electrons. The minimum Gasteiger partial charge on any atom is -0.481 e. The number of aliphatic hydroxyl groups excluding tert-OH is 1. The van der Waals surface area contributed by atoms with Gasteiger partial charge in [-0.25, -0.2) is 0 Å². The van der Waals surface area contributed by atoms with E-state index in [0.29, 0.717) is 17.1 Å². The van der Waals surface area contributed by atoms with E-state index < -0.39 is 11.9 Å². The average Bonchev–Trinajstić information content (AvgIpc) is 2.72. The zero-order chi connectivity index (χ0) is 11.5. The lowest BCUT2D eigenvalue weighted by Gasteiger charge is -2.11. The summed E-state index contributed by atoms with van der Waals surface area (Å²) < 4.78 is 10.3. The van der Waals surface area contributed by atoms with Gasteiger partial charge in [0.1, 0.15) is 0 Å². The number of carboxylic acid groups (broad SMARTS) is 1. The van der Waals surface area contributed by atoms with Crippen LogP contribution in [-0.4, -0.2) is 29.6 Å². The molecule has 5 heteroatoms. The van der Waals surface area contributed by atoms with Crippen molar-refractivity contribution in [3.8, 4) is 11.5 Å². The van der Waals surface area contributed by atoms with E-state index in [2.05, 4.69) is 0 Å². The SMILES string of the molecule is O=C(O)C(CCO)c1ccc2c(c1)OCO2. The summed E-state index contributed by atoms with van der Waals surface area (Å²) in [5.74, 6) is -0.481. The third-order valence-electron chi connectivity index (χ3n) is 2.51. The van der Waals surface area contributed by atoms with E-state index in [0.717, 1.165) is 0 Å². The van der Waals surface area contributed by atoms with Crippen molar-refractivity contribution in [2.45, 2.75) is 12.3 Å². The van der Waals surface area contributed by atoms with Crippen LogP contribution in [0.5, 0.6) is 11.5 Å². The highest BCUT2D eigenvalue weighted by atomic mass is 16.7. The molecule has 0 aliphatic carbocycles. The Balaban J connectivity index is 2.28. The maximum absolute atomic E-state index is 11.0. The number of aliphatic carboxylic acids is 1. The molecular formula is C11H12O5. The molecule has 1 unspecified atom stereocenters. The van der Waals surface area contributed by atoms with Gasteiger partial charge in [0.15, 0.2) is 11.5 Å². The van der Waals surface area contributed by atoms with Gasteiger partial charge in [-0.2, -0.15) is 0 Å². The molecule has 1 aromatic carbocycles. The second-order valence-corrected chi connectivity index (χ2v) is 3.52. The van der Waals surface area contributed by atoms with Crippen LogP contribution in [0.15, 0.2) is 18.2 Å². The molecule has 1 heterocycles. The Morgan fingerprint density at radius 1 is 1.38 bits per heavy atom. The number of hydrogen-bond donors (Lipinski definition) is 2. The second kappa shape index (κ2) is 4.40. The van der Waals surface area contributed by atoms with Gasteiger partial charge in [0.2, 0.25) is 6.79 Å². The van der Waals surface area contributed by atoms with Gasteiger partial charge in [-0.15, -0.1) is 0 Å². The number of benzene rings is 1. The minimum atomic E-state index is -0.951. The minimum absolute atomic E-state index is 0.161. The van der Waals surface area contributed by atoms with Crippen LogP contribution in [0.25, 0.3) is 0 Å². The molecule has 0 amide bonds. The summed E-state index contributed by atoms with van der Waals surface area (Å²) >= 11 is 0. The van der Waals surface area contributed by atoms with E-state index in [1.807, 2.05) is 0 Å². The fraction of sp³-hybridized carbons (Fsp3) is 0.364.